The van der Waals surface area contributed by atoms with Crippen LogP contribution in [0, 0.1) is 23.2 Å². The Hall–Kier alpha value is -0.810. The summed E-state index contributed by atoms with van der Waals surface area (Å²) in [6, 6.07) is 6.84. The second-order valence-corrected chi connectivity index (χ2v) is 5.82. The summed E-state index contributed by atoms with van der Waals surface area (Å²) in [6.07, 6.45) is 6.49. The molecule has 1 aliphatic rings. The highest BCUT2D eigenvalue weighted by Crippen LogP contribution is 2.41. The zero-order chi connectivity index (χ0) is 11.4. The Labute approximate surface area is 102 Å². The third kappa shape index (κ3) is 2.47. The number of hydrogen-bond donors (Lipinski definition) is 0. The van der Waals surface area contributed by atoms with E-state index < -0.39 is 0 Å². The van der Waals surface area contributed by atoms with Gasteiger partial charge in [-0.25, -0.2) is 0 Å². The Kier molecular flexibility index (Phi) is 4.01. The Morgan fingerprint density at radius 1 is 1.38 bits per heavy atom. The van der Waals surface area contributed by atoms with Gasteiger partial charge in [-0.15, -0.1) is 11.3 Å². The minimum atomic E-state index is 0.199. The molecule has 0 radical (unpaired) electrons. The summed E-state index contributed by atoms with van der Waals surface area (Å²) in [4.78, 5) is 1.49. The van der Waals surface area contributed by atoms with Gasteiger partial charge in [0.05, 0.1) is 6.07 Å². The molecular formula is C14H19NS. The van der Waals surface area contributed by atoms with E-state index in [0.717, 1.165) is 0 Å². The van der Waals surface area contributed by atoms with Crippen LogP contribution in [0.5, 0.6) is 0 Å². The van der Waals surface area contributed by atoms with Crippen LogP contribution in [0.25, 0.3) is 0 Å². The average molecular weight is 233 g/mol. The zero-order valence-electron chi connectivity index (χ0n) is 9.86. The van der Waals surface area contributed by atoms with Gasteiger partial charge in [-0.2, -0.15) is 5.26 Å². The van der Waals surface area contributed by atoms with Crippen molar-refractivity contribution in [3.8, 4) is 6.07 Å². The molecule has 0 bridgehead atoms. The lowest BCUT2D eigenvalue weighted by Gasteiger charge is -2.26. The van der Waals surface area contributed by atoms with Crippen LogP contribution in [0.15, 0.2) is 17.5 Å². The molecule has 1 heterocycles. The Bertz CT molecular complexity index is 349. The first-order chi connectivity index (χ1) is 7.83. The van der Waals surface area contributed by atoms with Gasteiger partial charge in [-0.1, -0.05) is 25.3 Å². The smallest absolute Gasteiger partial charge is 0.0656 e. The molecule has 0 aromatic carbocycles. The molecule has 16 heavy (non-hydrogen) atoms. The largest absolute Gasteiger partial charge is 0.198 e. The van der Waals surface area contributed by atoms with E-state index in [4.69, 9.17) is 5.26 Å². The van der Waals surface area contributed by atoms with Crippen LogP contribution in [0.2, 0.25) is 0 Å². The highest BCUT2D eigenvalue weighted by atomic mass is 32.1. The molecule has 3 atom stereocenters. The van der Waals surface area contributed by atoms with Gasteiger partial charge in [0.1, 0.15) is 0 Å². The second kappa shape index (κ2) is 5.50. The van der Waals surface area contributed by atoms with Gasteiger partial charge < -0.3 is 0 Å². The van der Waals surface area contributed by atoms with Crippen molar-refractivity contribution in [2.24, 2.45) is 11.8 Å². The van der Waals surface area contributed by atoms with E-state index in [9.17, 15) is 0 Å². The topological polar surface area (TPSA) is 23.8 Å². The maximum atomic E-state index is 9.15. The lowest BCUT2D eigenvalue weighted by Crippen LogP contribution is -2.17. The molecule has 0 amide bonds. The van der Waals surface area contributed by atoms with Crippen molar-refractivity contribution in [1.82, 2.24) is 0 Å². The fraction of sp³-hybridized carbons (Fsp3) is 0.643. The molecule has 1 aromatic heterocycles. The van der Waals surface area contributed by atoms with Crippen LogP contribution in [0.3, 0.4) is 0 Å². The van der Waals surface area contributed by atoms with Crippen molar-refractivity contribution < 1.29 is 0 Å². The first kappa shape index (κ1) is 11.7. The first-order valence-electron chi connectivity index (χ1n) is 6.26. The summed E-state index contributed by atoms with van der Waals surface area (Å²) in [6.45, 7) is 2.09. The van der Waals surface area contributed by atoms with Crippen LogP contribution in [-0.4, -0.2) is 0 Å². The zero-order valence-corrected chi connectivity index (χ0v) is 10.7. The molecule has 1 nitrogen and oxygen atoms in total. The minimum absolute atomic E-state index is 0.199. The number of rotatable bonds is 2. The lowest BCUT2D eigenvalue weighted by atomic mass is 9.79. The number of thiophene rings is 1. The molecule has 3 unspecified atom stereocenters. The van der Waals surface area contributed by atoms with Crippen molar-refractivity contribution in [1.29, 1.82) is 5.26 Å². The third-order valence-electron chi connectivity index (χ3n) is 3.82. The molecule has 1 aliphatic carbocycles. The van der Waals surface area contributed by atoms with E-state index in [2.05, 4.69) is 30.5 Å². The molecular weight excluding hydrogens is 214 g/mol. The van der Waals surface area contributed by atoms with Gasteiger partial charge in [0.15, 0.2) is 0 Å². The molecule has 1 aromatic rings. The van der Waals surface area contributed by atoms with Gasteiger partial charge in [0.2, 0.25) is 0 Å². The molecule has 1 saturated carbocycles. The van der Waals surface area contributed by atoms with Gasteiger partial charge >= 0.3 is 0 Å². The second-order valence-electron chi connectivity index (χ2n) is 4.84. The predicted molar refractivity (Wildman–Crippen MR) is 68.4 cm³/mol. The van der Waals surface area contributed by atoms with Crippen molar-refractivity contribution in [2.75, 3.05) is 0 Å². The van der Waals surface area contributed by atoms with Crippen LogP contribution in [0.4, 0.5) is 0 Å². The SMILES string of the molecule is CC(C#N)C1CCCCCC1c1cccs1. The highest BCUT2D eigenvalue weighted by molar-refractivity contribution is 7.10. The summed E-state index contributed by atoms with van der Waals surface area (Å²) >= 11 is 1.86. The van der Waals surface area contributed by atoms with Gasteiger partial charge in [0.25, 0.3) is 0 Å². The summed E-state index contributed by atoms with van der Waals surface area (Å²) in [5, 5.41) is 11.3. The normalized spacial score (nSPS) is 28.0. The fourth-order valence-corrected chi connectivity index (χ4v) is 3.82. The van der Waals surface area contributed by atoms with Gasteiger partial charge in [-0.05, 0) is 43.0 Å². The quantitative estimate of drug-likeness (QED) is 0.686. The van der Waals surface area contributed by atoms with E-state index in [1.165, 1.54) is 37.0 Å². The van der Waals surface area contributed by atoms with Crippen molar-refractivity contribution >= 4 is 11.3 Å². The maximum Gasteiger partial charge on any atom is 0.0656 e. The average Bonchev–Trinajstić information content (AvgIpc) is 2.72. The molecule has 0 saturated heterocycles. The van der Waals surface area contributed by atoms with E-state index in [-0.39, 0.29) is 5.92 Å². The summed E-state index contributed by atoms with van der Waals surface area (Å²) in [7, 11) is 0. The Morgan fingerprint density at radius 3 is 2.88 bits per heavy atom. The lowest BCUT2D eigenvalue weighted by molar-refractivity contribution is 0.334. The monoisotopic (exact) mass is 233 g/mol. The third-order valence-corrected chi connectivity index (χ3v) is 4.83. The van der Waals surface area contributed by atoms with Crippen molar-refractivity contribution in [2.45, 2.75) is 44.9 Å². The summed E-state index contributed by atoms with van der Waals surface area (Å²) in [5.41, 5.74) is 0. The fourth-order valence-electron chi connectivity index (χ4n) is 2.89. The van der Waals surface area contributed by atoms with Crippen LogP contribution in [0.1, 0.15) is 49.8 Å². The summed E-state index contributed by atoms with van der Waals surface area (Å²) in [5.74, 6) is 1.41. The number of nitriles is 1. The molecule has 1 fully saturated rings. The Morgan fingerprint density at radius 2 is 2.19 bits per heavy atom. The Balaban J connectivity index is 2.20. The first-order valence-corrected chi connectivity index (χ1v) is 7.14. The molecule has 2 rings (SSSR count). The van der Waals surface area contributed by atoms with Gasteiger partial charge in [0, 0.05) is 10.8 Å². The van der Waals surface area contributed by atoms with E-state index in [1.807, 2.05) is 11.3 Å². The van der Waals surface area contributed by atoms with Crippen molar-refractivity contribution in [3.05, 3.63) is 22.4 Å². The van der Waals surface area contributed by atoms with Crippen LogP contribution in [-0.2, 0) is 0 Å². The molecule has 0 aliphatic heterocycles. The van der Waals surface area contributed by atoms with Crippen molar-refractivity contribution in [3.63, 3.8) is 0 Å². The maximum absolute atomic E-state index is 9.15. The van der Waals surface area contributed by atoms with E-state index in [0.29, 0.717) is 11.8 Å². The summed E-state index contributed by atoms with van der Waals surface area (Å²) < 4.78 is 0. The minimum Gasteiger partial charge on any atom is -0.198 e. The molecule has 0 spiro atoms. The van der Waals surface area contributed by atoms with Crippen LogP contribution < -0.4 is 0 Å². The standard InChI is InChI=1S/C14H19NS/c1-11(10-15)12-6-3-2-4-7-13(12)14-8-5-9-16-14/h5,8-9,11-13H,2-4,6-7H2,1H3. The highest BCUT2D eigenvalue weighted by Gasteiger charge is 2.29. The predicted octanol–water partition coefficient (Wildman–Crippen LogP) is 4.57. The number of nitrogens with zero attached hydrogens (tertiary/aromatic N) is 1. The molecule has 0 N–H and O–H groups in total. The van der Waals surface area contributed by atoms with Crippen LogP contribution >= 0.6 is 11.3 Å². The van der Waals surface area contributed by atoms with E-state index >= 15 is 0 Å². The molecule has 86 valence electrons. The number of hydrogen-bond acceptors (Lipinski definition) is 2. The van der Waals surface area contributed by atoms with Gasteiger partial charge in [-0.3, -0.25) is 0 Å². The molecule has 2 heteroatoms. The van der Waals surface area contributed by atoms with E-state index in [1.54, 1.807) is 0 Å².